The van der Waals surface area contributed by atoms with Crippen molar-refractivity contribution in [1.82, 2.24) is 14.5 Å². The summed E-state index contributed by atoms with van der Waals surface area (Å²) in [6.07, 6.45) is 2.72. The summed E-state index contributed by atoms with van der Waals surface area (Å²) in [5.41, 5.74) is 6.75. The molecule has 1 aromatic carbocycles. The van der Waals surface area contributed by atoms with Gasteiger partial charge in [0.1, 0.15) is 5.69 Å². The van der Waals surface area contributed by atoms with E-state index in [0.717, 1.165) is 62.8 Å². The van der Waals surface area contributed by atoms with E-state index in [1.165, 1.54) is 22.4 Å². The molecule has 0 saturated heterocycles. The molecule has 0 bridgehead atoms. The Balaban J connectivity index is 2.05. The van der Waals surface area contributed by atoms with Crippen molar-refractivity contribution in [2.24, 2.45) is 0 Å². The average molecular weight is 383 g/mol. The van der Waals surface area contributed by atoms with Crippen LogP contribution in [0.4, 0.5) is 11.6 Å². The summed E-state index contributed by atoms with van der Waals surface area (Å²) in [4.78, 5) is 22.6. The Labute approximate surface area is 169 Å². The van der Waals surface area contributed by atoms with E-state index in [2.05, 4.69) is 63.1 Å². The van der Waals surface area contributed by atoms with E-state index in [0.29, 0.717) is 0 Å². The van der Waals surface area contributed by atoms with Crippen LogP contribution in [0.1, 0.15) is 66.5 Å². The van der Waals surface area contributed by atoms with Gasteiger partial charge in [-0.2, -0.15) is 0 Å². The third-order valence-electron chi connectivity index (χ3n) is 5.53. The van der Waals surface area contributed by atoms with Crippen molar-refractivity contribution >= 4 is 17.5 Å². The van der Waals surface area contributed by atoms with E-state index in [-0.39, 0.29) is 5.91 Å². The molecule has 152 valence electrons. The zero-order chi connectivity index (χ0) is 20.4. The molecule has 28 heavy (non-hydrogen) atoms. The highest BCUT2D eigenvalue weighted by Crippen LogP contribution is 2.36. The zero-order valence-corrected chi connectivity index (χ0v) is 18.3. The first-order chi connectivity index (χ1) is 13.4. The van der Waals surface area contributed by atoms with Gasteiger partial charge in [-0.25, -0.2) is 4.98 Å². The van der Waals surface area contributed by atoms with Crippen LogP contribution in [0.2, 0.25) is 0 Å². The minimum absolute atomic E-state index is 0.138. The number of hydrogen-bond donors (Lipinski definition) is 0. The predicted molar refractivity (Wildman–Crippen MR) is 116 cm³/mol. The van der Waals surface area contributed by atoms with E-state index in [4.69, 9.17) is 4.98 Å². The van der Waals surface area contributed by atoms with Crippen LogP contribution >= 0.6 is 0 Å². The lowest BCUT2D eigenvalue weighted by molar-refractivity contribution is 0.0744. The number of hydrogen-bond acceptors (Lipinski definition) is 3. The van der Waals surface area contributed by atoms with Gasteiger partial charge in [-0.15, -0.1) is 0 Å². The van der Waals surface area contributed by atoms with Crippen molar-refractivity contribution < 1.29 is 4.79 Å². The quantitative estimate of drug-likeness (QED) is 0.692. The summed E-state index contributed by atoms with van der Waals surface area (Å²) in [7, 11) is 0. The van der Waals surface area contributed by atoms with Gasteiger partial charge >= 0.3 is 0 Å². The van der Waals surface area contributed by atoms with E-state index in [1.807, 2.05) is 4.90 Å². The van der Waals surface area contributed by atoms with Gasteiger partial charge in [0, 0.05) is 31.9 Å². The Hall–Kier alpha value is -2.30. The van der Waals surface area contributed by atoms with Crippen LogP contribution in [-0.2, 0) is 13.0 Å². The maximum absolute atomic E-state index is 13.4. The number of aryl methyl sites for hydroxylation is 4. The molecular weight excluding hydrogens is 348 g/mol. The van der Waals surface area contributed by atoms with Gasteiger partial charge < -0.3 is 14.4 Å². The molecule has 2 aromatic rings. The molecule has 5 nitrogen and oxygen atoms in total. The molecular formula is C23H34N4O. The number of carbonyl (C=O) groups excluding carboxylic acids is 1. The van der Waals surface area contributed by atoms with Gasteiger partial charge in [0.05, 0.1) is 5.69 Å². The average Bonchev–Trinajstić information content (AvgIpc) is 3.19. The van der Waals surface area contributed by atoms with E-state index >= 15 is 0 Å². The largest absolute Gasteiger partial charge is 0.337 e. The van der Waals surface area contributed by atoms with Crippen LogP contribution in [0.5, 0.6) is 0 Å². The summed E-state index contributed by atoms with van der Waals surface area (Å²) in [5.74, 6) is 1.06. The number of carbonyl (C=O) groups is 1. The first-order valence-corrected chi connectivity index (χ1v) is 10.7. The molecule has 0 radical (unpaired) electrons. The topological polar surface area (TPSA) is 41.4 Å². The lowest BCUT2D eigenvalue weighted by Crippen LogP contribution is -2.34. The smallest absolute Gasteiger partial charge is 0.272 e. The molecule has 1 amide bonds. The number of benzene rings is 1. The SMILES string of the molecule is CCCN(CCC)C(=O)c1c(CC)nc2n1CCN2c1c(C)cc(C)cc1C. The number of nitrogens with zero attached hydrogens (tertiary/aromatic N) is 4. The number of fused-ring (bicyclic) bond motifs is 1. The van der Waals surface area contributed by atoms with Crippen LogP contribution in [-0.4, -0.2) is 40.0 Å². The van der Waals surface area contributed by atoms with Crippen LogP contribution in [0.3, 0.4) is 0 Å². The maximum Gasteiger partial charge on any atom is 0.272 e. The minimum Gasteiger partial charge on any atom is -0.337 e. The lowest BCUT2D eigenvalue weighted by Gasteiger charge is -2.22. The monoisotopic (exact) mass is 382 g/mol. The molecule has 0 fully saturated rings. The van der Waals surface area contributed by atoms with Crippen LogP contribution in [0.25, 0.3) is 0 Å². The highest BCUT2D eigenvalue weighted by atomic mass is 16.2. The van der Waals surface area contributed by atoms with Crippen LogP contribution in [0.15, 0.2) is 12.1 Å². The third kappa shape index (κ3) is 3.54. The van der Waals surface area contributed by atoms with E-state index in [1.54, 1.807) is 0 Å². The zero-order valence-electron chi connectivity index (χ0n) is 18.3. The van der Waals surface area contributed by atoms with Gasteiger partial charge in [0.25, 0.3) is 5.91 Å². The Morgan fingerprint density at radius 2 is 1.64 bits per heavy atom. The molecule has 1 aromatic heterocycles. The summed E-state index contributed by atoms with van der Waals surface area (Å²) >= 11 is 0. The summed E-state index contributed by atoms with van der Waals surface area (Å²) in [5, 5.41) is 0. The maximum atomic E-state index is 13.4. The van der Waals surface area contributed by atoms with E-state index < -0.39 is 0 Å². The van der Waals surface area contributed by atoms with E-state index in [9.17, 15) is 4.79 Å². The van der Waals surface area contributed by atoms with Crippen LogP contribution < -0.4 is 4.90 Å². The molecule has 0 atom stereocenters. The van der Waals surface area contributed by atoms with Crippen molar-refractivity contribution in [2.45, 2.75) is 67.3 Å². The molecule has 0 unspecified atom stereocenters. The van der Waals surface area contributed by atoms with Gasteiger partial charge in [0.2, 0.25) is 5.95 Å². The molecule has 3 rings (SSSR count). The second-order valence-corrected chi connectivity index (χ2v) is 7.90. The summed E-state index contributed by atoms with van der Waals surface area (Å²) < 4.78 is 2.15. The molecule has 2 heterocycles. The Bertz CT molecular complexity index is 839. The molecule has 0 aliphatic carbocycles. The molecule has 5 heteroatoms. The summed E-state index contributed by atoms with van der Waals surface area (Å²) in [6, 6.07) is 4.45. The van der Waals surface area contributed by atoms with Gasteiger partial charge in [0.15, 0.2) is 0 Å². The second kappa shape index (κ2) is 8.38. The standard InChI is InChI=1S/C23H34N4O/c1-7-10-25(11-8-2)22(28)21-19(9-3)24-23-26(12-13-27(21)23)20-17(5)14-16(4)15-18(20)6/h14-15H,7-13H2,1-6H3. The fourth-order valence-corrected chi connectivity index (χ4v) is 4.51. The Morgan fingerprint density at radius 3 is 2.18 bits per heavy atom. The molecule has 1 aliphatic rings. The number of aromatic nitrogens is 2. The summed E-state index contributed by atoms with van der Waals surface area (Å²) in [6.45, 7) is 16.1. The highest BCUT2D eigenvalue weighted by molar-refractivity contribution is 5.95. The number of amides is 1. The number of rotatable bonds is 7. The molecule has 0 N–H and O–H groups in total. The molecule has 0 saturated carbocycles. The van der Waals surface area contributed by atoms with Gasteiger partial charge in [-0.05, 0) is 51.2 Å². The van der Waals surface area contributed by atoms with Gasteiger partial charge in [-0.1, -0.05) is 38.5 Å². The second-order valence-electron chi connectivity index (χ2n) is 7.90. The Kier molecular flexibility index (Phi) is 6.11. The van der Waals surface area contributed by atoms with Crippen molar-refractivity contribution in [3.63, 3.8) is 0 Å². The van der Waals surface area contributed by atoms with Crippen molar-refractivity contribution in [3.8, 4) is 0 Å². The van der Waals surface area contributed by atoms with Crippen molar-refractivity contribution in [2.75, 3.05) is 24.5 Å². The molecule has 0 spiro atoms. The minimum atomic E-state index is 0.138. The first kappa shape index (κ1) is 20.4. The number of imidazole rings is 1. The third-order valence-corrected chi connectivity index (χ3v) is 5.53. The Morgan fingerprint density at radius 1 is 1.04 bits per heavy atom. The lowest BCUT2D eigenvalue weighted by atomic mass is 10.0. The van der Waals surface area contributed by atoms with Crippen LogP contribution in [0, 0.1) is 20.8 Å². The van der Waals surface area contributed by atoms with Gasteiger partial charge in [-0.3, -0.25) is 4.79 Å². The fraction of sp³-hybridized carbons (Fsp3) is 0.565. The fourth-order valence-electron chi connectivity index (χ4n) is 4.51. The highest BCUT2D eigenvalue weighted by Gasteiger charge is 2.33. The predicted octanol–water partition coefficient (Wildman–Crippen LogP) is 4.78. The van der Waals surface area contributed by atoms with Crippen molar-refractivity contribution in [3.05, 3.63) is 40.2 Å². The normalized spacial score (nSPS) is 13.1. The van der Waals surface area contributed by atoms with Crippen molar-refractivity contribution in [1.29, 1.82) is 0 Å². The first-order valence-electron chi connectivity index (χ1n) is 10.7. The molecule has 1 aliphatic heterocycles. The number of anilines is 2.